The van der Waals surface area contributed by atoms with Crippen LogP contribution in [0.25, 0.3) is 0 Å². The monoisotopic (exact) mass is 265 g/mol. The summed E-state index contributed by atoms with van der Waals surface area (Å²) in [4.78, 5) is 0. The molecule has 0 saturated carbocycles. The quantitative estimate of drug-likeness (QED) is 0.580. The molecule has 17 heavy (non-hydrogen) atoms. The molecule has 0 spiro atoms. The molecular weight excluding hydrogens is 237 g/mol. The van der Waals surface area contributed by atoms with E-state index in [1.807, 2.05) is 41.5 Å². The molecule has 0 amide bonds. The second-order valence-corrected chi connectivity index (χ2v) is 7.84. The number of nitrogens with one attached hydrogen (secondary N) is 1. The van der Waals surface area contributed by atoms with Gasteiger partial charge in [-0.3, -0.25) is 9.05 Å². The summed E-state index contributed by atoms with van der Waals surface area (Å²) in [5, 5.41) is 2.92. The van der Waals surface area contributed by atoms with E-state index in [-0.39, 0.29) is 0 Å². The summed E-state index contributed by atoms with van der Waals surface area (Å²) in [6, 6.07) is 0. The predicted molar refractivity (Wildman–Crippen MR) is 72.2 cm³/mol. The third kappa shape index (κ3) is 9.78. The third-order valence-corrected chi connectivity index (χ3v) is 3.81. The lowest BCUT2D eigenvalue weighted by molar-refractivity contribution is 0.0442. The van der Waals surface area contributed by atoms with E-state index in [0.717, 1.165) is 12.8 Å². The highest BCUT2D eigenvalue weighted by atomic mass is 31.2. The summed E-state index contributed by atoms with van der Waals surface area (Å²) in [5.41, 5.74) is -1.00. The van der Waals surface area contributed by atoms with Crippen LogP contribution in [0.1, 0.15) is 61.3 Å². The summed E-state index contributed by atoms with van der Waals surface area (Å²) in [5.74, 6) is 0. The summed E-state index contributed by atoms with van der Waals surface area (Å²) in [6.07, 6.45) is 1.99. The maximum Gasteiger partial charge on any atom is 0.406 e. The van der Waals surface area contributed by atoms with Crippen molar-refractivity contribution in [2.24, 2.45) is 0 Å². The molecule has 0 aliphatic heterocycles. The fourth-order valence-corrected chi connectivity index (χ4v) is 3.24. The number of hydrogen-bond donors (Lipinski definition) is 1. The van der Waals surface area contributed by atoms with Crippen LogP contribution in [-0.4, -0.2) is 17.7 Å². The van der Waals surface area contributed by atoms with Crippen LogP contribution in [0.3, 0.4) is 0 Å². The van der Waals surface area contributed by atoms with E-state index in [1.54, 1.807) is 0 Å². The Hall–Kier alpha value is 0.110. The Labute approximate surface area is 106 Å². The van der Waals surface area contributed by atoms with Gasteiger partial charge in [-0.1, -0.05) is 13.3 Å². The molecule has 0 rings (SSSR count). The van der Waals surface area contributed by atoms with Gasteiger partial charge in [0.05, 0.1) is 11.2 Å². The zero-order chi connectivity index (χ0) is 13.7. The molecule has 0 aliphatic rings. The van der Waals surface area contributed by atoms with Gasteiger partial charge in [-0.2, -0.15) is 0 Å². The van der Waals surface area contributed by atoms with Crippen LogP contribution in [0.15, 0.2) is 0 Å². The Morgan fingerprint density at radius 3 is 1.71 bits per heavy atom. The van der Waals surface area contributed by atoms with Gasteiger partial charge in [-0.15, -0.1) is 0 Å². The van der Waals surface area contributed by atoms with Crippen LogP contribution in [0.2, 0.25) is 0 Å². The topological polar surface area (TPSA) is 47.6 Å². The van der Waals surface area contributed by atoms with Gasteiger partial charge in [0.15, 0.2) is 0 Å². The maximum atomic E-state index is 12.6. The predicted octanol–water partition coefficient (Wildman–Crippen LogP) is 4.11. The van der Waals surface area contributed by atoms with Crippen molar-refractivity contribution < 1.29 is 13.6 Å². The second kappa shape index (κ2) is 6.33. The molecule has 0 fully saturated rings. The summed E-state index contributed by atoms with van der Waals surface area (Å²) >= 11 is 0. The fraction of sp³-hybridized carbons (Fsp3) is 1.00. The normalized spacial score (nSPS) is 14.1. The van der Waals surface area contributed by atoms with Crippen molar-refractivity contribution in [2.75, 3.05) is 6.54 Å². The van der Waals surface area contributed by atoms with Crippen LogP contribution in [0, 0.1) is 0 Å². The molecule has 0 unspecified atom stereocenters. The first kappa shape index (κ1) is 17.1. The van der Waals surface area contributed by atoms with E-state index in [1.165, 1.54) is 0 Å². The molecule has 0 aliphatic carbocycles. The van der Waals surface area contributed by atoms with E-state index in [4.69, 9.17) is 9.05 Å². The van der Waals surface area contributed by atoms with Crippen molar-refractivity contribution in [2.45, 2.75) is 72.5 Å². The van der Waals surface area contributed by atoms with E-state index >= 15 is 0 Å². The minimum atomic E-state index is -3.24. The Morgan fingerprint density at radius 1 is 1.00 bits per heavy atom. The number of hydrogen-bond acceptors (Lipinski definition) is 3. The second-order valence-electron chi connectivity index (χ2n) is 6.17. The highest BCUT2D eigenvalue weighted by Crippen LogP contribution is 2.50. The van der Waals surface area contributed by atoms with Crippen molar-refractivity contribution in [1.82, 2.24) is 5.09 Å². The van der Waals surface area contributed by atoms with Gasteiger partial charge >= 0.3 is 7.75 Å². The number of rotatable bonds is 6. The number of unbranched alkanes of at least 4 members (excludes halogenated alkanes) is 1. The molecule has 5 heteroatoms. The van der Waals surface area contributed by atoms with Crippen molar-refractivity contribution in [3.63, 3.8) is 0 Å². The highest BCUT2D eigenvalue weighted by molar-refractivity contribution is 7.51. The summed E-state index contributed by atoms with van der Waals surface area (Å²) in [7, 11) is -3.24. The Kier molecular flexibility index (Phi) is 6.37. The van der Waals surface area contributed by atoms with Gasteiger partial charge in [0.1, 0.15) is 0 Å². The molecule has 4 nitrogen and oxygen atoms in total. The van der Waals surface area contributed by atoms with Gasteiger partial charge in [-0.05, 0) is 48.0 Å². The lowest BCUT2D eigenvalue weighted by Crippen LogP contribution is -2.29. The SMILES string of the molecule is CCCCNP(=O)(OC(C)(C)C)OC(C)(C)C. The van der Waals surface area contributed by atoms with E-state index in [2.05, 4.69) is 12.0 Å². The Morgan fingerprint density at radius 2 is 1.41 bits per heavy atom. The summed E-state index contributed by atoms with van der Waals surface area (Å²) in [6.45, 7) is 13.9. The molecule has 0 radical (unpaired) electrons. The first-order chi connectivity index (χ1) is 7.47. The lowest BCUT2D eigenvalue weighted by atomic mass is 10.2. The van der Waals surface area contributed by atoms with Gasteiger partial charge in [0, 0.05) is 6.54 Å². The van der Waals surface area contributed by atoms with Crippen LogP contribution in [-0.2, 0) is 13.6 Å². The lowest BCUT2D eigenvalue weighted by Gasteiger charge is -2.32. The average Bonchev–Trinajstić information content (AvgIpc) is 1.96. The van der Waals surface area contributed by atoms with E-state index < -0.39 is 18.9 Å². The maximum absolute atomic E-state index is 12.6. The molecule has 0 aromatic rings. The summed E-state index contributed by atoms with van der Waals surface area (Å²) < 4.78 is 23.7. The first-order valence-corrected chi connectivity index (χ1v) is 7.78. The highest BCUT2D eigenvalue weighted by Gasteiger charge is 2.34. The zero-order valence-electron chi connectivity index (χ0n) is 12.3. The third-order valence-electron chi connectivity index (χ3n) is 1.62. The molecule has 0 aromatic heterocycles. The molecule has 104 valence electrons. The zero-order valence-corrected chi connectivity index (χ0v) is 13.2. The fourth-order valence-electron chi connectivity index (χ4n) is 1.20. The largest absolute Gasteiger partial charge is 0.406 e. The van der Waals surface area contributed by atoms with Crippen LogP contribution < -0.4 is 5.09 Å². The molecule has 0 aromatic carbocycles. The first-order valence-electron chi connectivity index (χ1n) is 6.24. The molecule has 1 N–H and O–H groups in total. The molecular formula is C12H28NO3P. The standard InChI is InChI=1S/C12H28NO3P/c1-8-9-10-13-17(14,15-11(2,3)4)16-12(5,6)7/h8-10H2,1-7H3,(H,13,14). The molecule has 0 atom stereocenters. The Balaban J connectivity index is 4.64. The van der Waals surface area contributed by atoms with Gasteiger partial charge in [-0.25, -0.2) is 9.65 Å². The van der Waals surface area contributed by atoms with Crippen molar-refractivity contribution >= 4 is 7.75 Å². The molecule has 0 saturated heterocycles. The van der Waals surface area contributed by atoms with Crippen LogP contribution in [0.5, 0.6) is 0 Å². The molecule has 0 heterocycles. The van der Waals surface area contributed by atoms with E-state index in [9.17, 15) is 4.57 Å². The van der Waals surface area contributed by atoms with Crippen molar-refractivity contribution in [3.05, 3.63) is 0 Å². The van der Waals surface area contributed by atoms with Gasteiger partial charge in [0.25, 0.3) is 0 Å². The van der Waals surface area contributed by atoms with Gasteiger partial charge in [0.2, 0.25) is 0 Å². The Bertz CT molecular complexity index is 246. The van der Waals surface area contributed by atoms with Crippen molar-refractivity contribution in [1.29, 1.82) is 0 Å². The van der Waals surface area contributed by atoms with Crippen molar-refractivity contribution in [3.8, 4) is 0 Å². The minimum absolute atomic E-state index is 0.500. The van der Waals surface area contributed by atoms with Gasteiger partial charge < -0.3 is 0 Å². The smallest absolute Gasteiger partial charge is 0.291 e. The van der Waals surface area contributed by atoms with E-state index in [0.29, 0.717) is 6.54 Å². The minimum Gasteiger partial charge on any atom is -0.291 e. The average molecular weight is 265 g/mol. The van der Waals surface area contributed by atoms with Crippen LogP contribution in [0.4, 0.5) is 0 Å². The van der Waals surface area contributed by atoms with Crippen LogP contribution >= 0.6 is 7.75 Å². The molecule has 0 bridgehead atoms.